The lowest BCUT2D eigenvalue weighted by Gasteiger charge is -2.19. The molecule has 5 heteroatoms. The Hall–Kier alpha value is -1.13. The Morgan fingerprint density at radius 1 is 1.32 bits per heavy atom. The fourth-order valence-corrected chi connectivity index (χ4v) is 3.67. The lowest BCUT2D eigenvalue weighted by Crippen LogP contribution is -2.24. The van der Waals surface area contributed by atoms with E-state index in [1.807, 2.05) is 18.2 Å². The molecule has 3 rings (SSSR count). The summed E-state index contributed by atoms with van der Waals surface area (Å²) in [7, 11) is 0. The highest BCUT2D eigenvalue weighted by atomic mass is 35.5. The van der Waals surface area contributed by atoms with Gasteiger partial charge in [0.2, 0.25) is 5.91 Å². The molecule has 0 spiro atoms. The summed E-state index contributed by atoms with van der Waals surface area (Å²) in [6, 6.07) is 5.57. The van der Waals surface area contributed by atoms with Gasteiger partial charge in [0.15, 0.2) is 5.13 Å². The van der Waals surface area contributed by atoms with E-state index in [2.05, 4.69) is 10.3 Å². The fourth-order valence-electron chi connectivity index (χ4n) is 2.52. The van der Waals surface area contributed by atoms with Gasteiger partial charge in [0.25, 0.3) is 0 Å². The standard InChI is InChI=1S/C14H15ClN2OS/c15-10-6-7-11-12(8-10)19-14(16-11)17-13(18)9-4-2-1-3-5-9/h6-9H,1-5H2,(H,16,17,18). The Bertz CT molecular complexity index is 605. The SMILES string of the molecule is O=C(Nc1nc2ccc(Cl)cc2s1)C1CCCCC1. The van der Waals surface area contributed by atoms with E-state index in [-0.39, 0.29) is 11.8 Å². The molecule has 0 saturated heterocycles. The number of carbonyl (C=O) groups excluding carboxylic acids is 1. The first-order valence-corrected chi connectivity index (χ1v) is 7.79. The summed E-state index contributed by atoms with van der Waals surface area (Å²) in [4.78, 5) is 16.6. The number of anilines is 1. The van der Waals surface area contributed by atoms with Gasteiger partial charge in [-0.05, 0) is 31.0 Å². The van der Waals surface area contributed by atoms with Gasteiger partial charge < -0.3 is 5.32 Å². The van der Waals surface area contributed by atoms with E-state index in [4.69, 9.17) is 11.6 Å². The number of amides is 1. The fraction of sp³-hybridized carbons (Fsp3) is 0.429. The summed E-state index contributed by atoms with van der Waals surface area (Å²) in [6.07, 6.45) is 5.58. The Morgan fingerprint density at radius 2 is 2.11 bits per heavy atom. The summed E-state index contributed by atoms with van der Waals surface area (Å²) < 4.78 is 1.01. The number of fused-ring (bicyclic) bond motifs is 1. The monoisotopic (exact) mass is 294 g/mol. The first kappa shape index (κ1) is 12.9. The molecule has 19 heavy (non-hydrogen) atoms. The smallest absolute Gasteiger partial charge is 0.229 e. The molecule has 0 bridgehead atoms. The summed E-state index contributed by atoms with van der Waals surface area (Å²) in [5.41, 5.74) is 0.883. The summed E-state index contributed by atoms with van der Waals surface area (Å²) >= 11 is 7.42. The van der Waals surface area contributed by atoms with Crippen molar-refractivity contribution in [3.63, 3.8) is 0 Å². The minimum atomic E-state index is 0.116. The molecule has 100 valence electrons. The number of hydrogen-bond acceptors (Lipinski definition) is 3. The van der Waals surface area contributed by atoms with E-state index in [0.29, 0.717) is 10.2 Å². The third-order valence-electron chi connectivity index (χ3n) is 3.56. The quantitative estimate of drug-likeness (QED) is 0.888. The van der Waals surface area contributed by atoms with Gasteiger partial charge in [0.1, 0.15) is 0 Å². The highest BCUT2D eigenvalue weighted by Crippen LogP contribution is 2.30. The Morgan fingerprint density at radius 3 is 2.89 bits per heavy atom. The third kappa shape index (κ3) is 2.90. The molecule has 1 aromatic carbocycles. The van der Waals surface area contributed by atoms with Gasteiger partial charge >= 0.3 is 0 Å². The number of aromatic nitrogens is 1. The van der Waals surface area contributed by atoms with Crippen LogP contribution in [-0.2, 0) is 4.79 Å². The molecule has 1 fully saturated rings. The van der Waals surface area contributed by atoms with Crippen LogP contribution in [0.15, 0.2) is 18.2 Å². The highest BCUT2D eigenvalue weighted by Gasteiger charge is 2.21. The topological polar surface area (TPSA) is 42.0 Å². The number of benzene rings is 1. The van der Waals surface area contributed by atoms with Crippen LogP contribution in [-0.4, -0.2) is 10.9 Å². The molecule has 0 unspecified atom stereocenters. The summed E-state index contributed by atoms with van der Waals surface area (Å²) in [5, 5.41) is 4.32. The second-order valence-electron chi connectivity index (χ2n) is 4.96. The number of halogens is 1. The van der Waals surface area contributed by atoms with Gasteiger partial charge in [0, 0.05) is 10.9 Å². The molecular formula is C14H15ClN2OS. The van der Waals surface area contributed by atoms with Crippen molar-refractivity contribution in [2.45, 2.75) is 32.1 Å². The van der Waals surface area contributed by atoms with Crippen LogP contribution >= 0.6 is 22.9 Å². The van der Waals surface area contributed by atoms with Crippen LogP contribution < -0.4 is 5.32 Å². The number of rotatable bonds is 2. The van der Waals surface area contributed by atoms with Gasteiger partial charge in [-0.3, -0.25) is 4.79 Å². The maximum absolute atomic E-state index is 12.1. The second kappa shape index (κ2) is 5.47. The molecule has 0 aliphatic heterocycles. The van der Waals surface area contributed by atoms with Crippen LogP contribution in [0.5, 0.6) is 0 Å². The van der Waals surface area contributed by atoms with E-state index >= 15 is 0 Å². The van der Waals surface area contributed by atoms with Crippen molar-refractivity contribution >= 4 is 44.2 Å². The maximum Gasteiger partial charge on any atom is 0.229 e. The van der Waals surface area contributed by atoms with Crippen LogP contribution in [0.2, 0.25) is 5.02 Å². The van der Waals surface area contributed by atoms with E-state index < -0.39 is 0 Å². The van der Waals surface area contributed by atoms with Gasteiger partial charge in [-0.25, -0.2) is 4.98 Å². The zero-order valence-electron chi connectivity index (χ0n) is 10.5. The zero-order chi connectivity index (χ0) is 13.2. The van der Waals surface area contributed by atoms with E-state index in [9.17, 15) is 4.79 Å². The molecule has 1 aromatic heterocycles. The molecule has 0 radical (unpaired) electrons. The molecule has 0 atom stereocenters. The van der Waals surface area contributed by atoms with E-state index in [1.165, 1.54) is 17.8 Å². The average molecular weight is 295 g/mol. The zero-order valence-corrected chi connectivity index (χ0v) is 12.1. The lowest BCUT2D eigenvalue weighted by molar-refractivity contribution is -0.120. The van der Waals surface area contributed by atoms with Crippen molar-refractivity contribution in [1.29, 1.82) is 0 Å². The van der Waals surface area contributed by atoms with Crippen molar-refractivity contribution in [3.05, 3.63) is 23.2 Å². The Balaban J connectivity index is 1.75. The minimum absolute atomic E-state index is 0.116. The summed E-state index contributed by atoms with van der Waals surface area (Å²) in [6.45, 7) is 0. The normalized spacial score (nSPS) is 16.7. The molecule has 1 heterocycles. The highest BCUT2D eigenvalue weighted by molar-refractivity contribution is 7.22. The van der Waals surface area contributed by atoms with Crippen LogP contribution in [0.1, 0.15) is 32.1 Å². The number of carbonyl (C=O) groups is 1. The largest absolute Gasteiger partial charge is 0.302 e. The predicted molar refractivity (Wildman–Crippen MR) is 79.8 cm³/mol. The Labute approximate surface area is 121 Å². The van der Waals surface area contributed by atoms with Crippen LogP contribution in [0.25, 0.3) is 10.2 Å². The first-order valence-electron chi connectivity index (χ1n) is 6.59. The van der Waals surface area contributed by atoms with Crippen LogP contribution in [0.4, 0.5) is 5.13 Å². The van der Waals surface area contributed by atoms with Crippen molar-refractivity contribution in [2.24, 2.45) is 5.92 Å². The first-order chi connectivity index (χ1) is 9.22. The number of nitrogens with zero attached hydrogens (tertiary/aromatic N) is 1. The van der Waals surface area contributed by atoms with Crippen LogP contribution in [0, 0.1) is 5.92 Å². The van der Waals surface area contributed by atoms with Gasteiger partial charge in [-0.2, -0.15) is 0 Å². The van der Waals surface area contributed by atoms with Crippen molar-refractivity contribution in [3.8, 4) is 0 Å². The number of hydrogen-bond donors (Lipinski definition) is 1. The molecule has 1 saturated carbocycles. The molecule has 1 N–H and O–H groups in total. The van der Waals surface area contributed by atoms with Crippen molar-refractivity contribution in [2.75, 3.05) is 5.32 Å². The molecule has 1 amide bonds. The lowest BCUT2D eigenvalue weighted by atomic mass is 9.89. The van der Waals surface area contributed by atoms with Gasteiger partial charge in [0.05, 0.1) is 10.2 Å². The molecule has 1 aliphatic carbocycles. The minimum Gasteiger partial charge on any atom is -0.302 e. The number of thiazole rings is 1. The van der Waals surface area contributed by atoms with Crippen molar-refractivity contribution in [1.82, 2.24) is 4.98 Å². The average Bonchev–Trinajstić information content (AvgIpc) is 2.81. The van der Waals surface area contributed by atoms with Crippen molar-refractivity contribution < 1.29 is 4.79 Å². The maximum atomic E-state index is 12.1. The van der Waals surface area contributed by atoms with E-state index in [1.54, 1.807) is 0 Å². The second-order valence-corrected chi connectivity index (χ2v) is 6.42. The third-order valence-corrected chi connectivity index (χ3v) is 4.73. The summed E-state index contributed by atoms with van der Waals surface area (Å²) in [5.74, 6) is 0.272. The molecule has 1 aliphatic rings. The molecule has 2 aromatic rings. The predicted octanol–water partition coefficient (Wildman–Crippen LogP) is 4.47. The van der Waals surface area contributed by atoms with Gasteiger partial charge in [-0.15, -0.1) is 0 Å². The Kier molecular flexibility index (Phi) is 3.71. The van der Waals surface area contributed by atoms with Gasteiger partial charge in [-0.1, -0.05) is 42.2 Å². The number of nitrogens with one attached hydrogen (secondary N) is 1. The van der Waals surface area contributed by atoms with Crippen LogP contribution in [0.3, 0.4) is 0 Å². The molecule has 3 nitrogen and oxygen atoms in total. The molecular weight excluding hydrogens is 280 g/mol. The van der Waals surface area contributed by atoms with E-state index in [0.717, 1.165) is 35.9 Å².